The molecule has 0 atom stereocenters. The summed E-state index contributed by atoms with van der Waals surface area (Å²) in [6.07, 6.45) is 1.24. The number of non-ortho nitro benzene ring substituents is 1. The number of nitrogens with zero attached hydrogens (tertiary/aromatic N) is 2. The quantitative estimate of drug-likeness (QED) is 0.396. The van der Waals surface area contributed by atoms with Gasteiger partial charge in [-0.3, -0.25) is 10.1 Å². The molecule has 0 fully saturated rings. The van der Waals surface area contributed by atoms with E-state index in [1.165, 1.54) is 30.5 Å². The van der Waals surface area contributed by atoms with Gasteiger partial charge in [-0.2, -0.15) is 18.4 Å². The molecule has 9 heteroatoms. The fourth-order valence-corrected chi connectivity index (χ4v) is 3.05. The Morgan fingerprint density at radius 1 is 1.04 bits per heavy atom. The molecule has 0 bridgehead atoms. The molecule has 0 amide bonds. The number of nitro groups is 1. The van der Waals surface area contributed by atoms with Crippen LogP contribution in [0.25, 0.3) is 11.3 Å². The van der Waals surface area contributed by atoms with Gasteiger partial charge in [0.05, 0.1) is 16.0 Å². The first-order valence-electron chi connectivity index (χ1n) is 7.81. The summed E-state index contributed by atoms with van der Waals surface area (Å²) in [5.74, 6) is 0.808. The maximum atomic E-state index is 12.1. The van der Waals surface area contributed by atoms with Crippen LogP contribution < -0.4 is 4.83 Å². The summed E-state index contributed by atoms with van der Waals surface area (Å²) in [7, 11) is -3.76. The van der Waals surface area contributed by atoms with E-state index in [0.29, 0.717) is 17.1 Å². The third-order valence-corrected chi connectivity index (χ3v) is 4.92. The zero-order valence-electron chi connectivity index (χ0n) is 14.2. The highest BCUT2D eigenvalue weighted by molar-refractivity contribution is 7.89. The van der Waals surface area contributed by atoms with E-state index in [9.17, 15) is 18.5 Å². The molecule has 3 rings (SSSR count). The first kappa shape index (κ1) is 18.3. The van der Waals surface area contributed by atoms with Gasteiger partial charge in [-0.05, 0) is 43.3 Å². The van der Waals surface area contributed by atoms with Crippen molar-refractivity contribution in [3.05, 3.63) is 82.1 Å². The molecule has 2 aromatic carbocycles. The lowest BCUT2D eigenvalue weighted by Gasteiger charge is -2.03. The lowest BCUT2D eigenvalue weighted by molar-refractivity contribution is -0.384. The van der Waals surface area contributed by atoms with E-state index in [2.05, 4.69) is 9.93 Å². The van der Waals surface area contributed by atoms with Gasteiger partial charge < -0.3 is 4.42 Å². The number of aryl methyl sites for hydroxylation is 1. The highest BCUT2D eigenvalue weighted by atomic mass is 32.2. The second-order valence-electron chi connectivity index (χ2n) is 5.67. The third kappa shape index (κ3) is 4.39. The Hall–Kier alpha value is -3.46. The molecule has 138 valence electrons. The summed E-state index contributed by atoms with van der Waals surface area (Å²) in [5, 5.41) is 14.4. The van der Waals surface area contributed by atoms with Crippen molar-refractivity contribution in [2.24, 2.45) is 5.10 Å². The lowest BCUT2D eigenvalue weighted by atomic mass is 10.1. The van der Waals surface area contributed by atoms with Gasteiger partial charge in [0, 0.05) is 17.7 Å². The summed E-state index contributed by atoms with van der Waals surface area (Å²) in [5.41, 5.74) is 1.59. The first-order valence-corrected chi connectivity index (χ1v) is 9.30. The smallest absolute Gasteiger partial charge is 0.276 e. The molecular weight excluding hydrogens is 370 g/mol. The number of hydrogen-bond donors (Lipinski definition) is 1. The molecule has 1 N–H and O–H groups in total. The minimum atomic E-state index is -3.76. The van der Waals surface area contributed by atoms with Crippen LogP contribution in [0.3, 0.4) is 0 Å². The van der Waals surface area contributed by atoms with Gasteiger partial charge in [-0.15, -0.1) is 0 Å². The number of benzene rings is 2. The maximum Gasteiger partial charge on any atom is 0.276 e. The van der Waals surface area contributed by atoms with Crippen LogP contribution in [0.5, 0.6) is 0 Å². The van der Waals surface area contributed by atoms with Gasteiger partial charge in [0.2, 0.25) is 0 Å². The summed E-state index contributed by atoms with van der Waals surface area (Å²) in [4.78, 5) is 12.4. The van der Waals surface area contributed by atoms with Crippen molar-refractivity contribution in [1.29, 1.82) is 0 Å². The van der Waals surface area contributed by atoms with Gasteiger partial charge in [0.25, 0.3) is 15.7 Å². The summed E-state index contributed by atoms with van der Waals surface area (Å²) >= 11 is 0. The van der Waals surface area contributed by atoms with Gasteiger partial charge in [-0.1, -0.05) is 17.7 Å². The van der Waals surface area contributed by atoms with Gasteiger partial charge in [0.15, 0.2) is 0 Å². The van der Waals surface area contributed by atoms with E-state index in [1.54, 1.807) is 36.4 Å². The van der Waals surface area contributed by atoms with Crippen molar-refractivity contribution in [2.75, 3.05) is 0 Å². The van der Waals surface area contributed by atoms with Crippen molar-refractivity contribution >= 4 is 21.9 Å². The normalized spacial score (nSPS) is 11.6. The van der Waals surface area contributed by atoms with Crippen LogP contribution >= 0.6 is 0 Å². The summed E-state index contributed by atoms with van der Waals surface area (Å²) in [6, 6.07) is 15.5. The molecule has 0 aliphatic rings. The molecular formula is C18H15N3O5S. The summed E-state index contributed by atoms with van der Waals surface area (Å²) in [6.45, 7) is 1.86. The largest absolute Gasteiger partial charge is 0.455 e. The molecule has 3 aromatic rings. The van der Waals surface area contributed by atoms with Crippen LogP contribution in [0.4, 0.5) is 5.69 Å². The Bertz CT molecular complexity index is 1080. The van der Waals surface area contributed by atoms with E-state index in [-0.39, 0.29) is 10.6 Å². The first-order chi connectivity index (χ1) is 12.8. The number of sulfonamides is 1. The molecule has 0 saturated carbocycles. The SMILES string of the molecule is Cc1ccc(S(=O)(=O)N/N=C/c2ccc(-c3ccc([N+](=O)[O-])cc3)o2)cc1. The molecule has 0 aliphatic heterocycles. The molecule has 0 aliphatic carbocycles. The second-order valence-corrected chi connectivity index (χ2v) is 7.33. The molecule has 0 unspecified atom stereocenters. The van der Waals surface area contributed by atoms with Gasteiger partial charge in [0.1, 0.15) is 11.5 Å². The third-order valence-electron chi connectivity index (χ3n) is 3.69. The predicted octanol–water partition coefficient (Wildman–Crippen LogP) is 3.48. The Morgan fingerprint density at radius 2 is 1.70 bits per heavy atom. The molecule has 1 heterocycles. The highest BCUT2D eigenvalue weighted by Crippen LogP contribution is 2.24. The van der Waals surface area contributed by atoms with Crippen molar-refractivity contribution in [1.82, 2.24) is 4.83 Å². The fourth-order valence-electron chi connectivity index (χ4n) is 2.25. The minimum absolute atomic E-state index is 0.0161. The van der Waals surface area contributed by atoms with Crippen molar-refractivity contribution in [3.63, 3.8) is 0 Å². The number of nitro benzene ring substituents is 1. The van der Waals surface area contributed by atoms with Crippen LogP contribution in [-0.4, -0.2) is 19.6 Å². The average Bonchev–Trinajstić information content (AvgIpc) is 3.11. The topological polar surface area (TPSA) is 115 Å². The lowest BCUT2D eigenvalue weighted by Crippen LogP contribution is -2.18. The van der Waals surface area contributed by atoms with Crippen LogP contribution in [0.2, 0.25) is 0 Å². The Balaban J connectivity index is 1.70. The van der Waals surface area contributed by atoms with Crippen molar-refractivity contribution in [2.45, 2.75) is 11.8 Å². The predicted molar refractivity (Wildman–Crippen MR) is 99.9 cm³/mol. The van der Waals surface area contributed by atoms with Crippen LogP contribution in [0.1, 0.15) is 11.3 Å². The fraction of sp³-hybridized carbons (Fsp3) is 0.0556. The Kier molecular flexibility index (Phi) is 5.04. The van der Waals surface area contributed by atoms with Crippen molar-refractivity contribution < 1.29 is 17.8 Å². The molecule has 8 nitrogen and oxygen atoms in total. The van der Waals surface area contributed by atoms with Crippen molar-refractivity contribution in [3.8, 4) is 11.3 Å². The van der Waals surface area contributed by atoms with E-state index in [1.807, 2.05) is 6.92 Å². The van der Waals surface area contributed by atoms with Crippen LogP contribution in [0, 0.1) is 17.0 Å². The molecule has 0 radical (unpaired) electrons. The maximum absolute atomic E-state index is 12.1. The number of hydrazone groups is 1. The van der Waals surface area contributed by atoms with E-state index in [0.717, 1.165) is 5.56 Å². The Morgan fingerprint density at radius 3 is 2.33 bits per heavy atom. The highest BCUT2D eigenvalue weighted by Gasteiger charge is 2.12. The van der Waals surface area contributed by atoms with E-state index < -0.39 is 14.9 Å². The monoisotopic (exact) mass is 385 g/mol. The van der Waals surface area contributed by atoms with Crippen LogP contribution in [-0.2, 0) is 10.0 Å². The molecule has 0 saturated heterocycles. The van der Waals surface area contributed by atoms with Crippen LogP contribution in [0.15, 0.2) is 75.1 Å². The van der Waals surface area contributed by atoms with E-state index in [4.69, 9.17) is 4.42 Å². The van der Waals surface area contributed by atoms with Gasteiger partial charge >= 0.3 is 0 Å². The summed E-state index contributed by atoms with van der Waals surface area (Å²) < 4.78 is 29.8. The number of furan rings is 1. The zero-order valence-corrected chi connectivity index (χ0v) is 15.0. The standard InChI is InChI=1S/C18H15N3O5S/c1-13-2-9-17(10-3-13)27(24,25)20-19-12-16-8-11-18(26-16)14-4-6-15(7-5-14)21(22)23/h2-12,20H,1H3/b19-12+. The molecule has 0 spiro atoms. The Labute approximate surface area is 155 Å². The molecule has 27 heavy (non-hydrogen) atoms. The van der Waals surface area contributed by atoms with E-state index >= 15 is 0 Å². The number of hydrogen-bond acceptors (Lipinski definition) is 6. The average molecular weight is 385 g/mol. The van der Waals surface area contributed by atoms with Gasteiger partial charge in [-0.25, -0.2) is 0 Å². The minimum Gasteiger partial charge on any atom is -0.455 e. The second kappa shape index (κ2) is 7.42. The molecule has 1 aromatic heterocycles. The number of nitrogens with one attached hydrogen (secondary N) is 1. The zero-order chi connectivity index (χ0) is 19.4. The number of rotatable bonds is 6.